The summed E-state index contributed by atoms with van der Waals surface area (Å²) in [5, 5.41) is 2.88. The van der Waals surface area contributed by atoms with E-state index < -0.39 is 0 Å². The van der Waals surface area contributed by atoms with Crippen LogP contribution in [0.3, 0.4) is 0 Å². The van der Waals surface area contributed by atoms with E-state index in [1.54, 1.807) is 60.8 Å². The molecule has 1 amide bonds. The average molecular weight is 402 g/mol. The van der Waals surface area contributed by atoms with Crippen LogP contribution in [-0.4, -0.2) is 17.5 Å². The zero-order valence-electron chi connectivity index (χ0n) is 16.3. The highest BCUT2D eigenvalue weighted by Crippen LogP contribution is 2.29. The van der Waals surface area contributed by atoms with Gasteiger partial charge in [0.2, 0.25) is 5.89 Å². The van der Waals surface area contributed by atoms with Crippen LogP contribution in [0, 0.1) is 5.82 Å². The van der Waals surface area contributed by atoms with Crippen LogP contribution in [0.1, 0.15) is 17.3 Å². The first-order valence-electron chi connectivity index (χ1n) is 9.49. The second-order valence-electron chi connectivity index (χ2n) is 6.49. The largest absolute Gasteiger partial charge is 0.494 e. The Morgan fingerprint density at radius 2 is 1.77 bits per heavy atom. The van der Waals surface area contributed by atoms with Crippen molar-refractivity contribution in [2.45, 2.75) is 6.92 Å². The van der Waals surface area contributed by atoms with Crippen LogP contribution >= 0.6 is 0 Å². The minimum atomic E-state index is -0.324. The third kappa shape index (κ3) is 4.22. The van der Waals surface area contributed by atoms with Crippen molar-refractivity contribution in [2.24, 2.45) is 0 Å². The normalized spacial score (nSPS) is 10.6. The van der Waals surface area contributed by atoms with Crippen LogP contribution in [0.15, 0.2) is 83.4 Å². The Hall–Kier alpha value is -3.93. The molecule has 0 saturated carbocycles. The van der Waals surface area contributed by atoms with Gasteiger partial charge in [0.15, 0.2) is 5.76 Å². The second kappa shape index (κ2) is 8.61. The van der Waals surface area contributed by atoms with Gasteiger partial charge in [0.1, 0.15) is 11.6 Å². The molecule has 0 aliphatic heterocycles. The maximum Gasteiger partial charge on any atom is 0.256 e. The molecule has 4 rings (SSSR count). The highest BCUT2D eigenvalue weighted by Gasteiger charge is 2.17. The van der Waals surface area contributed by atoms with E-state index in [-0.39, 0.29) is 11.7 Å². The Morgan fingerprint density at radius 1 is 1.03 bits per heavy atom. The Kier molecular flexibility index (Phi) is 5.57. The minimum absolute atomic E-state index is 0.281. The van der Waals surface area contributed by atoms with Gasteiger partial charge in [0, 0.05) is 16.8 Å². The lowest BCUT2D eigenvalue weighted by Gasteiger charge is -2.09. The third-order valence-electron chi connectivity index (χ3n) is 4.46. The standard InChI is InChI=1S/C24H19FN2O3/c1-2-29-19-13-11-18(12-14-19)27-23(28)20-5-3-4-6-21(20)24-26-15-22(30-24)16-7-9-17(25)10-8-16/h3-15H,2H2,1H3,(H,27,28). The number of rotatable bonds is 6. The number of hydrogen-bond acceptors (Lipinski definition) is 4. The highest BCUT2D eigenvalue weighted by atomic mass is 19.1. The molecule has 6 heteroatoms. The van der Waals surface area contributed by atoms with E-state index in [1.807, 2.05) is 13.0 Å². The molecule has 4 aromatic rings. The Bertz CT molecular complexity index is 1150. The van der Waals surface area contributed by atoms with Crippen molar-refractivity contribution >= 4 is 11.6 Å². The zero-order valence-corrected chi connectivity index (χ0v) is 16.3. The Balaban J connectivity index is 1.58. The fourth-order valence-corrected chi connectivity index (χ4v) is 3.01. The number of amides is 1. The van der Waals surface area contributed by atoms with Gasteiger partial charge in [-0.2, -0.15) is 0 Å². The van der Waals surface area contributed by atoms with Gasteiger partial charge in [0.05, 0.1) is 18.4 Å². The van der Waals surface area contributed by atoms with Gasteiger partial charge in [-0.05, 0) is 67.6 Å². The summed E-state index contributed by atoms with van der Waals surface area (Å²) < 4.78 is 24.4. The van der Waals surface area contributed by atoms with E-state index >= 15 is 0 Å². The number of nitrogens with one attached hydrogen (secondary N) is 1. The number of oxazole rings is 1. The van der Waals surface area contributed by atoms with Gasteiger partial charge in [0.25, 0.3) is 5.91 Å². The molecule has 0 unspecified atom stereocenters. The molecule has 3 aromatic carbocycles. The first kappa shape index (κ1) is 19.4. The summed E-state index contributed by atoms with van der Waals surface area (Å²) in [6, 6.07) is 20.2. The van der Waals surface area contributed by atoms with Crippen molar-refractivity contribution in [3.8, 4) is 28.5 Å². The second-order valence-corrected chi connectivity index (χ2v) is 6.49. The maximum atomic E-state index is 13.2. The van der Waals surface area contributed by atoms with E-state index in [1.165, 1.54) is 12.1 Å². The van der Waals surface area contributed by atoms with Crippen molar-refractivity contribution in [1.82, 2.24) is 4.98 Å². The maximum absolute atomic E-state index is 13.2. The third-order valence-corrected chi connectivity index (χ3v) is 4.46. The summed E-state index contributed by atoms with van der Waals surface area (Å²) in [4.78, 5) is 17.2. The lowest BCUT2D eigenvalue weighted by Crippen LogP contribution is -2.13. The van der Waals surface area contributed by atoms with E-state index in [2.05, 4.69) is 10.3 Å². The first-order chi connectivity index (χ1) is 14.6. The lowest BCUT2D eigenvalue weighted by molar-refractivity contribution is 0.102. The molecular formula is C24H19FN2O3. The van der Waals surface area contributed by atoms with Crippen LogP contribution in [0.5, 0.6) is 5.75 Å². The zero-order chi connectivity index (χ0) is 20.9. The highest BCUT2D eigenvalue weighted by molar-refractivity contribution is 6.08. The number of ether oxygens (including phenoxy) is 1. The summed E-state index contributed by atoms with van der Waals surface area (Å²) in [6.07, 6.45) is 1.56. The fraction of sp³-hybridized carbons (Fsp3) is 0.0833. The molecule has 1 aromatic heterocycles. The molecule has 0 bridgehead atoms. The molecule has 1 heterocycles. The van der Waals surface area contributed by atoms with Crippen molar-refractivity contribution in [2.75, 3.05) is 11.9 Å². The predicted octanol–water partition coefficient (Wildman–Crippen LogP) is 5.80. The molecule has 0 atom stereocenters. The van der Waals surface area contributed by atoms with Crippen LogP contribution in [0.25, 0.3) is 22.8 Å². The van der Waals surface area contributed by atoms with Crippen LogP contribution in [0.4, 0.5) is 10.1 Å². The molecule has 0 saturated heterocycles. The first-order valence-corrected chi connectivity index (χ1v) is 9.49. The molecule has 150 valence electrons. The van der Waals surface area contributed by atoms with E-state index in [0.717, 1.165) is 5.75 Å². The van der Waals surface area contributed by atoms with Crippen molar-refractivity contribution in [1.29, 1.82) is 0 Å². The van der Waals surface area contributed by atoms with Crippen molar-refractivity contribution < 1.29 is 18.3 Å². The smallest absolute Gasteiger partial charge is 0.256 e. The van der Waals surface area contributed by atoms with E-state index in [9.17, 15) is 9.18 Å². The van der Waals surface area contributed by atoms with Crippen LogP contribution in [0.2, 0.25) is 0 Å². The Morgan fingerprint density at radius 3 is 2.50 bits per heavy atom. The molecule has 0 fully saturated rings. The SMILES string of the molecule is CCOc1ccc(NC(=O)c2ccccc2-c2ncc(-c3ccc(F)cc3)o2)cc1. The molecule has 5 nitrogen and oxygen atoms in total. The molecule has 0 radical (unpaired) electrons. The quantitative estimate of drug-likeness (QED) is 0.443. The number of aromatic nitrogens is 1. The summed E-state index contributed by atoms with van der Waals surface area (Å²) in [5.74, 6) is 0.939. The molecule has 0 aliphatic carbocycles. The minimum Gasteiger partial charge on any atom is -0.494 e. The predicted molar refractivity (Wildman–Crippen MR) is 113 cm³/mol. The number of carbonyl (C=O) groups excluding carboxylic acids is 1. The van der Waals surface area contributed by atoms with Crippen molar-refractivity contribution in [3.63, 3.8) is 0 Å². The van der Waals surface area contributed by atoms with Crippen molar-refractivity contribution in [3.05, 3.63) is 90.4 Å². The molecule has 0 aliphatic rings. The van der Waals surface area contributed by atoms with Gasteiger partial charge in [-0.3, -0.25) is 4.79 Å². The van der Waals surface area contributed by atoms with E-state index in [0.29, 0.717) is 40.6 Å². The van der Waals surface area contributed by atoms with E-state index in [4.69, 9.17) is 9.15 Å². The van der Waals surface area contributed by atoms with Gasteiger partial charge in [-0.1, -0.05) is 12.1 Å². The van der Waals surface area contributed by atoms with Crippen LogP contribution in [-0.2, 0) is 0 Å². The molecule has 30 heavy (non-hydrogen) atoms. The van der Waals surface area contributed by atoms with Gasteiger partial charge in [-0.25, -0.2) is 9.37 Å². The fourth-order valence-electron chi connectivity index (χ4n) is 3.01. The lowest BCUT2D eigenvalue weighted by atomic mass is 10.1. The number of nitrogens with zero attached hydrogens (tertiary/aromatic N) is 1. The van der Waals surface area contributed by atoms with Crippen LogP contribution < -0.4 is 10.1 Å². The molecular weight excluding hydrogens is 383 g/mol. The Labute approximate surface area is 173 Å². The van der Waals surface area contributed by atoms with Gasteiger partial charge >= 0.3 is 0 Å². The number of benzene rings is 3. The molecule has 1 N–H and O–H groups in total. The number of halogens is 1. The molecule has 0 spiro atoms. The summed E-state index contributed by atoms with van der Waals surface area (Å²) >= 11 is 0. The summed E-state index contributed by atoms with van der Waals surface area (Å²) in [5.41, 5.74) is 2.34. The van der Waals surface area contributed by atoms with Gasteiger partial charge in [-0.15, -0.1) is 0 Å². The monoisotopic (exact) mass is 402 g/mol. The summed E-state index contributed by atoms with van der Waals surface area (Å²) in [6.45, 7) is 2.49. The number of hydrogen-bond donors (Lipinski definition) is 1. The van der Waals surface area contributed by atoms with Gasteiger partial charge < -0.3 is 14.5 Å². The topological polar surface area (TPSA) is 64.4 Å². The number of anilines is 1. The average Bonchev–Trinajstić information content (AvgIpc) is 3.26. The number of carbonyl (C=O) groups is 1. The summed E-state index contributed by atoms with van der Waals surface area (Å²) in [7, 11) is 0.